The molecule has 208 valence electrons. The lowest BCUT2D eigenvalue weighted by Gasteiger charge is -2.34. The van der Waals surface area contributed by atoms with Crippen molar-refractivity contribution >= 4 is 40.8 Å². The number of nitrogens with zero attached hydrogens (tertiary/aromatic N) is 2. The summed E-state index contributed by atoms with van der Waals surface area (Å²) in [6, 6.07) is 12.1. The molecule has 39 heavy (non-hydrogen) atoms. The second kappa shape index (κ2) is 12.7. The number of amides is 3. The summed E-state index contributed by atoms with van der Waals surface area (Å²) in [5.74, 6) is 0.236. The molecule has 3 rings (SSSR count). The molecule has 11 heteroatoms. The molecule has 0 aliphatic rings. The molecule has 10 nitrogen and oxygen atoms in total. The average molecular weight is 557 g/mol. The topological polar surface area (TPSA) is 123 Å². The molecule has 2 aromatic carbocycles. The summed E-state index contributed by atoms with van der Waals surface area (Å²) in [4.78, 5) is 41.6. The lowest BCUT2D eigenvalue weighted by atomic mass is 10.00. The summed E-state index contributed by atoms with van der Waals surface area (Å²) in [6.07, 6.45) is -0.370. The Morgan fingerprint density at radius 1 is 1.03 bits per heavy atom. The second-order valence-corrected chi connectivity index (χ2v) is 10.2. The zero-order valence-electron chi connectivity index (χ0n) is 22.8. The molecule has 1 heterocycles. The number of methoxy groups -OCH3 is 2. The third kappa shape index (κ3) is 7.73. The maximum absolute atomic E-state index is 13.9. The number of benzene rings is 2. The van der Waals surface area contributed by atoms with Gasteiger partial charge in [-0.25, -0.2) is 0 Å². The second-order valence-electron chi connectivity index (χ2n) is 9.84. The predicted molar refractivity (Wildman–Crippen MR) is 148 cm³/mol. The Morgan fingerprint density at radius 2 is 1.72 bits per heavy atom. The Balaban J connectivity index is 2.04. The van der Waals surface area contributed by atoms with Crippen LogP contribution in [-0.2, 0) is 14.4 Å². The monoisotopic (exact) mass is 556 g/mol. The molecule has 0 fully saturated rings. The first-order valence-electron chi connectivity index (χ1n) is 12.3. The highest BCUT2D eigenvalue weighted by molar-refractivity contribution is 6.31. The number of ether oxygens (including phenoxy) is 2. The van der Waals surface area contributed by atoms with Crippen molar-refractivity contribution in [2.45, 2.75) is 52.1 Å². The number of hydrogen-bond donors (Lipinski definition) is 2. The Morgan fingerprint density at radius 3 is 2.31 bits per heavy atom. The van der Waals surface area contributed by atoms with Gasteiger partial charge in [0.05, 0.1) is 14.2 Å². The summed E-state index contributed by atoms with van der Waals surface area (Å²) in [5.41, 5.74) is 0.184. The highest BCUT2D eigenvalue weighted by Gasteiger charge is 2.36. The SMILES string of the molecule is COc1ccc(N(C(=O)CCC(=O)Nc2cc(C)on2)[C@@H](C(=O)NC(C)(C)C)c2ccccc2Cl)cc1OC. The molecule has 0 spiro atoms. The van der Waals surface area contributed by atoms with Gasteiger partial charge in [0, 0.05) is 46.8 Å². The van der Waals surface area contributed by atoms with E-state index in [9.17, 15) is 14.4 Å². The Bertz CT molecular complexity index is 1330. The van der Waals surface area contributed by atoms with E-state index in [0.717, 1.165) is 0 Å². The Kier molecular flexibility index (Phi) is 9.58. The number of nitrogens with one attached hydrogen (secondary N) is 2. The van der Waals surface area contributed by atoms with Gasteiger partial charge in [-0.2, -0.15) is 0 Å². The van der Waals surface area contributed by atoms with Crippen LogP contribution in [0.5, 0.6) is 11.5 Å². The maximum Gasteiger partial charge on any atom is 0.248 e. The van der Waals surface area contributed by atoms with Crippen LogP contribution in [0.4, 0.5) is 11.5 Å². The van der Waals surface area contributed by atoms with Gasteiger partial charge in [0.2, 0.25) is 17.7 Å². The van der Waals surface area contributed by atoms with Gasteiger partial charge in [0.1, 0.15) is 11.8 Å². The van der Waals surface area contributed by atoms with Crippen LogP contribution in [0.2, 0.25) is 5.02 Å². The molecule has 0 unspecified atom stereocenters. The van der Waals surface area contributed by atoms with Gasteiger partial charge in [0.25, 0.3) is 0 Å². The lowest BCUT2D eigenvalue weighted by Crippen LogP contribution is -2.49. The minimum absolute atomic E-state index is 0.162. The van der Waals surface area contributed by atoms with Crippen LogP contribution in [-0.4, -0.2) is 42.6 Å². The molecule has 1 atom stereocenters. The fourth-order valence-electron chi connectivity index (χ4n) is 3.92. The van der Waals surface area contributed by atoms with Crippen molar-refractivity contribution in [3.8, 4) is 11.5 Å². The molecular weight excluding hydrogens is 524 g/mol. The third-order valence-corrected chi connectivity index (χ3v) is 5.92. The number of halogens is 1. The van der Waals surface area contributed by atoms with Crippen LogP contribution < -0.4 is 25.0 Å². The molecule has 2 N–H and O–H groups in total. The van der Waals surface area contributed by atoms with Crippen LogP contribution >= 0.6 is 11.6 Å². The number of carbonyl (C=O) groups excluding carboxylic acids is 3. The first-order valence-corrected chi connectivity index (χ1v) is 12.6. The summed E-state index contributed by atoms with van der Waals surface area (Å²) >= 11 is 6.55. The largest absolute Gasteiger partial charge is 0.493 e. The Hall–Kier alpha value is -4.05. The molecule has 0 saturated heterocycles. The first kappa shape index (κ1) is 29.5. The standard InChI is InChI=1S/C28H33ClN4O6/c1-17-15-23(32-39-17)30-24(34)13-14-25(35)33(18-11-12-21(37-5)22(16-18)38-6)26(27(36)31-28(2,3)4)19-9-7-8-10-20(19)29/h7-12,15-16,26H,13-14H2,1-6H3,(H,31,36)(H,30,32,34)/t26-/m1/s1. The fraction of sp³-hybridized carbons (Fsp3) is 0.357. The molecule has 3 amide bonds. The van der Waals surface area contributed by atoms with Crippen molar-refractivity contribution in [2.75, 3.05) is 24.4 Å². The maximum atomic E-state index is 13.9. The minimum Gasteiger partial charge on any atom is -0.493 e. The van der Waals surface area contributed by atoms with Gasteiger partial charge in [-0.1, -0.05) is 35.0 Å². The number of anilines is 2. The van der Waals surface area contributed by atoms with E-state index in [1.165, 1.54) is 19.1 Å². The normalized spacial score (nSPS) is 11.9. The smallest absolute Gasteiger partial charge is 0.248 e. The van der Waals surface area contributed by atoms with E-state index in [2.05, 4.69) is 15.8 Å². The van der Waals surface area contributed by atoms with Crippen LogP contribution in [0.1, 0.15) is 51.0 Å². The molecule has 0 bridgehead atoms. The minimum atomic E-state index is -1.15. The molecular formula is C28H33ClN4O6. The van der Waals surface area contributed by atoms with Crippen molar-refractivity contribution in [3.05, 3.63) is 64.9 Å². The van der Waals surface area contributed by atoms with Crippen LogP contribution in [0.15, 0.2) is 53.1 Å². The third-order valence-electron chi connectivity index (χ3n) is 5.58. The van der Waals surface area contributed by atoms with Crippen molar-refractivity contribution in [3.63, 3.8) is 0 Å². The van der Waals surface area contributed by atoms with Gasteiger partial charge in [-0.3, -0.25) is 19.3 Å². The quantitative estimate of drug-likeness (QED) is 0.358. The van der Waals surface area contributed by atoms with Gasteiger partial charge in [-0.15, -0.1) is 0 Å². The van der Waals surface area contributed by atoms with Gasteiger partial charge >= 0.3 is 0 Å². The molecule has 0 aliphatic heterocycles. The highest BCUT2D eigenvalue weighted by atomic mass is 35.5. The molecule has 0 aliphatic carbocycles. The Labute approximate surface area is 232 Å². The molecule has 0 radical (unpaired) electrons. The number of aromatic nitrogens is 1. The number of rotatable bonds is 10. The van der Waals surface area contributed by atoms with E-state index in [1.807, 2.05) is 20.8 Å². The van der Waals surface area contributed by atoms with E-state index < -0.39 is 29.3 Å². The number of aryl methyl sites for hydroxylation is 1. The van der Waals surface area contributed by atoms with Crippen LogP contribution in [0.3, 0.4) is 0 Å². The van der Waals surface area contributed by atoms with E-state index in [4.69, 9.17) is 25.6 Å². The van der Waals surface area contributed by atoms with Crippen molar-refractivity contribution in [1.82, 2.24) is 10.5 Å². The van der Waals surface area contributed by atoms with Gasteiger partial charge in [0.15, 0.2) is 17.3 Å². The lowest BCUT2D eigenvalue weighted by molar-refractivity contribution is -0.128. The van der Waals surface area contributed by atoms with Gasteiger partial charge in [-0.05, 0) is 45.9 Å². The van der Waals surface area contributed by atoms with E-state index in [0.29, 0.717) is 33.5 Å². The fourth-order valence-corrected chi connectivity index (χ4v) is 4.15. The van der Waals surface area contributed by atoms with Crippen molar-refractivity contribution in [2.24, 2.45) is 0 Å². The summed E-state index contributed by atoms with van der Waals surface area (Å²) in [7, 11) is 2.97. The van der Waals surface area contributed by atoms with Crippen molar-refractivity contribution < 1.29 is 28.4 Å². The molecule has 3 aromatic rings. The predicted octanol–water partition coefficient (Wildman–Crippen LogP) is 5.06. The van der Waals surface area contributed by atoms with E-state index in [-0.39, 0.29) is 18.7 Å². The summed E-state index contributed by atoms with van der Waals surface area (Å²) < 4.78 is 15.8. The highest BCUT2D eigenvalue weighted by Crippen LogP contribution is 2.37. The first-order chi connectivity index (χ1) is 18.4. The summed E-state index contributed by atoms with van der Waals surface area (Å²) in [6.45, 7) is 7.22. The van der Waals surface area contributed by atoms with Crippen LogP contribution in [0, 0.1) is 6.92 Å². The van der Waals surface area contributed by atoms with E-state index in [1.54, 1.807) is 55.5 Å². The average Bonchev–Trinajstić information content (AvgIpc) is 3.29. The number of carbonyl (C=O) groups is 3. The zero-order valence-corrected chi connectivity index (χ0v) is 23.6. The number of hydrogen-bond acceptors (Lipinski definition) is 7. The van der Waals surface area contributed by atoms with Crippen molar-refractivity contribution in [1.29, 1.82) is 0 Å². The molecule has 0 saturated carbocycles. The molecule has 1 aromatic heterocycles. The van der Waals surface area contributed by atoms with Crippen LogP contribution in [0.25, 0.3) is 0 Å². The van der Waals surface area contributed by atoms with Gasteiger partial charge < -0.3 is 24.6 Å². The summed E-state index contributed by atoms with van der Waals surface area (Å²) in [5, 5.41) is 9.61. The van der Waals surface area contributed by atoms with E-state index >= 15 is 0 Å². The zero-order chi connectivity index (χ0) is 28.7.